The van der Waals surface area contributed by atoms with Crippen LogP contribution in [0.25, 0.3) is 0 Å². The summed E-state index contributed by atoms with van der Waals surface area (Å²) in [5.74, 6) is -0.661. The predicted octanol–water partition coefficient (Wildman–Crippen LogP) is 4.56. The molecule has 2 N–H and O–H groups in total. The molecule has 0 fully saturated rings. The zero-order chi connectivity index (χ0) is 17.2. The Morgan fingerprint density at radius 3 is 2.52 bits per heavy atom. The van der Waals surface area contributed by atoms with Crippen LogP contribution in [0.3, 0.4) is 0 Å². The molecule has 7 heteroatoms. The van der Waals surface area contributed by atoms with Crippen molar-refractivity contribution in [3.8, 4) is 5.75 Å². The van der Waals surface area contributed by atoms with E-state index in [0.29, 0.717) is 5.56 Å². The Balaban J connectivity index is 2.16. The van der Waals surface area contributed by atoms with E-state index in [1.165, 1.54) is 30.3 Å². The fraction of sp³-hybridized carbons (Fsp3) is 0.188. The molecule has 2 aromatic carbocycles. The molecular weight excluding hydrogens is 331 g/mol. The van der Waals surface area contributed by atoms with Crippen molar-refractivity contribution >= 4 is 17.5 Å². The monoisotopic (exact) mass is 343 g/mol. The minimum absolute atomic E-state index is 0.0179. The topological polar surface area (TPSA) is 49.3 Å². The lowest BCUT2D eigenvalue weighted by molar-refractivity contribution is -0.137. The lowest BCUT2D eigenvalue weighted by atomic mass is 10.0. The van der Waals surface area contributed by atoms with E-state index in [4.69, 9.17) is 11.6 Å². The summed E-state index contributed by atoms with van der Waals surface area (Å²) in [5.41, 5.74) is -0.242. The maximum absolute atomic E-state index is 12.7. The number of hydrogen-bond donors (Lipinski definition) is 2. The summed E-state index contributed by atoms with van der Waals surface area (Å²) < 4.78 is 38.1. The van der Waals surface area contributed by atoms with Crippen LogP contribution in [0.15, 0.2) is 42.5 Å². The van der Waals surface area contributed by atoms with Crippen molar-refractivity contribution in [1.82, 2.24) is 5.32 Å². The number of phenolic OH excluding ortho intramolecular Hbond substituents is 1. The van der Waals surface area contributed by atoms with Gasteiger partial charge in [-0.3, -0.25) is 4.79 Å². The Kier molecular flexibility index (Phi) is 4.85. The first kappa shape index (κ1) is 17.1. The highest BCUT2D eigenvalue weighted by Crippen LogP contribution is 2.31. The number of amides is 1. The number of carbonyl (C=O) groups excluding carboxylic acids is 1. The summed E-state index contributed by atoms with van der Waals surface area (Å²) in [6.45, 7) is 1.58. The molecule has 1 amide bonds. The third kappa shape index (κ3) is 4.16. The molecule has 0 aliphatic carbocycles. The van der Waals surface area contributed by atoms with Gasteiger partial charge in [-0.05, 0) is 42.8 Å². The highest BCUT2D eigenvalue weighted by atomic mass is 35.5. The smallest absolute Gasteiger partial charge is 0.416 e. The van der Waals surface area contributed by atoms with Crippen LogP contribution in [0.1, 0.15) is 34.5 Å². The average Bonchev–Trinajstić information content (AvgIpc) is 2.49. The molecule has 0 aromatic heterocycles. The van der Waals surface area contributed by atoms with Crippen LogP contribution in [0.2, 0.25) is 5.02 Å². The van der Waals surface area contributed by atoms with Crippen molar-refractivity contribution in [3.63, 3.8) is 0 Å². The minimum Gasteiger partial charge on any atom is -0.506 e. The fourth-order valence-corrected chi connectivity index (χ4v) is 2.18. The van der Waals surface area contributed by atoms with Crippen LogP contribution in [0, 0.1) is 0 Å². The second-order valence-corrected chi connectivity index (χ2v) is 5.39. The van der Waals surface area contributed by atoms with E-state index in [1.807, 2.05) is 0 Å². The summed E-state index contributed by atoms with van der Waals surface area (Å²) in [6, 6.07) is 8.05. The summed E-state index contributed by atoms with van der Waals surface area (Å²) in [4.78, 5) is 12.1. The number of phenols is 1. The standard InChI is InChI=1S/C16H13ClF3NO2/c1-9(10-3-2-4-12(7-10)16(18,19)20)21-15(23)11-5-6-14(22)13(17)8-11/h2-9,22H,1H3,(H,21,23). The van der Waals surface area contributed by atoms with Crippen LogP contribution < -0.4 is 5.32 Å². The summed E-state index contributed by atoms with van der Waals surface area (Å²) in [5, 5.41) is 11.9. The van der Waals surface area contributed by atoms with E-state index >= 15 is 0 Å². The first-order chi connectivity index (χ1) is 10.7. The van der Waals surface area contributed by atoms with Gasteiger partial charge in [0, 0.05) is 5.56 Å². The predicted molar refractivity (Wildman–Crippen MR) is 80.4 cm³/mol. The molecule has 0 saturated heterocycles. The fourth-order valence-electron chi connectivity index (χ4n) is 2.00. The van der Waals surface area contributed by atoms with Crippen LogP contribution in [-0.2, 0) is 6.18 Å². The molecule has 1 unspecified atom stereocenters. The van der Waals surface area contributed by atoms with Gasteiger partial charge < -0.3 is 10.4 Å². The molecule has 3 nitrogen and oxygen atoms in total. The third-order valence-corrected chi connectivity index (χ3v) is 3.57. The maximum Gasteiger partial charge on any atom is 0.416 e. The zero-order valence-electron chi connectivity index (χ0n) is 12.0. The first-order valence-electron chi connectivity index (χ1n) is 6.65. The summed E-state index contributed by atoms with van der Waals surface area (Å²) in [7, 11) is 0. The normalized spacial score (nSPS) is 12.7. The molecular formula is C16H13ClF3NO2. The Morgan fingerprint density at radius 1 is 1.22 bits per heavy atom. The molecule has 0 radical (unpaired) electrons. The van der Waals surface area contributed by atoms with Crippen molar-refractivity contribution in [3.05, 3.63) is 64.2 Å². The van der Waals surface area contributed by atoms with Gasteiger partial charge in [0.05, 0.1) is 16.6 Å². The second kappa shape index (κ2) is 6.50. The number of hydrogen-bond acceptors (Lipinski definition) is 2. The van der Waals surface area contributed by atoms with E-state index in [1.54, 1.807) is 6.92 Å². The highest BCUT2D eigenvalue weighted by molar-refractivity contribution is 6.32. The molecule has 1 atom stereocenters. The van der Waals surface area contributed by atoms with Gasteiger partial charge in [0.25, 0.3) is 5.91 Å². The van der Waals surface area contributed by atoms with Crippen LogP contribution in [0.4, 0.5) is 13.2 Å². The molecule has 23 heavy (non-hydrogen) atoms. The number of carbonyl (C=O) groups is 1. The van der Waals surface area contributed by atoms with Gasteiger partial charge in [-0.15, -0.1) is 0 Å². The number of aromatic hydroxyl groups is 1. The first-order valence-corrected chi connectivity index (χ1v) is 7.03. The molecule has 0 saturated carbocycles. The van der Waals surface area contributed by atoms with E-state index in [-0.39, 0.29) is 16.3 Å². The van der Waals surface area contributed by atoms with E-state index in [0.717, 1.165) is 12.1 Å². The van der Waals surface area contributed by atoms with Crippen LogP contribution in [0.5, 0.6) is 5.75 Å². The Morgan fingerprint density at radius 2 is 1.91 bits per heavy atom. The lowest BCUT2D eigenvalue weighted by Crippen LogP contribution is -2.26. The van der Waals surface area contributed by atoms with Gasteiger partial charge in [0.2, 0.25) is 0 Å². The van der Waals surface area contributed by atoms with Crippen molar-refractivity contribution in [1.29, 1.82) is 0 Å². The zero-order valence-corrected chi connectivity index (χ0v) is 12.7. The largest absolute Gasteiger partial charge is 0.506 e. The van der Waals surface area contributed by atoms with Gasteiger partial charge in [-0.2, -0.15) is 13.2 Å². The van der Waals surface area contributed by atoms with E-state index < -0.39 is 23.7 Å². The number of halogens is 4. The van der Waals surface area contributed by atoms with E-state index in [9.17, 15) is 23.1 Å². The molecule has 0 spiro atoms. The van der Waals surface area contributed by atoms with Crippen molar-refractivity contribution < 1.29 is 23.1 Å². The van der Waals surface area contributed by atoms with Gasteiger partial charge in [0.15, 0.2) is 0 Å². The number of rotatable bonds is 3. The van der Waals surface area contributed by atoms with Crippen molar-refractivity contribution in [2.24, 2.45) is 0 Å². The lowest BCUT2D eigenvalue weighted by Gasteiger charge is -2.16. The number of alkyl halides is 3. The Labute approximate surface area is 135 Å². The molecule has 2 rings (SSSR count). The minimum atomic E-state index is -4.44. The molecule has 122 valence electrons. The SMILES string of the molecule is CC(NC(=O)c1ccc(O)c(Cl)c1)c1cccc(C(F)(F)F)c1. The molecule has 2 aromatic rings. The van der Waals surface area contributed by atoms with Gasteiger partial charge in [-0.1, -0.05) is 23.7 Å². The molecule has 0 heterocycles. The average molecular weight is 344 g/mol. The number of nitrogens with one attached hydrogen (secondary N) is 1. The molecule has 0 aliphatic heterocycles. The molecule has 0 bridgehead atoms. The van der Waals surface area contributed by atoms with E-state index in [2.05, 4.69) is 5.32 Å². The van der Waals surface area contributed by atoms with Gasteiger partial charge in [-0.25, -0.2) is 0 Å². The van der Waals surface area contributed by atoms with Crippen molar-refractivity contribution in [2.75, 3.05) is 0 Å². The Hall–Kier alpha value is -2.21. The molecule has 0 aliphatic rings. The number of benzene rings is 2. The maximum atomic E-state index is 12.7. The van der Waals surface area contributed by atoms with Crippen LogP contribution in [-0.4, -0.2) is 11.0 Å². The quantitative estimate of drug-likeness (QED) is 0.858. The van der Waals surface area contributed by atoms with Gasteiger partial charge >= 0.3 is 6.18 Å². The van der Waals surface area contributed by atoms with Gasteiger partial charge in [0.1, 0.15) is 5.75 Å². The highest BCUT2D eigenvalue weighted by Gasteiger charge is 2.30. The summed E-state index contributed by atoms with van der Waals surface area (Å²) >= 11 is 5.73. The van der Waals surface area contributed by atoms with Crippen molar-refractivity contribution in [2.45, 2.75) is 19.1 Å². The van der Waals surface area contributed by atoms with Crippen LogP contribution >= 0.6 is 11.6 Å². The Bertz CT molecular complexity index is 732. The summed E-state index contributed by atoms with van der Waals surface area (Å²) in [6.07, 6.45) is -4.44. The second-order valence-electron chi connectivity index (χ2n) is 4.98. The third-order valence-electron chi connectivity index (χ3n) is 3.27.